The maximum absolute atomic E-state index is 12.5. The molecule has 0 bridgehead atoms. The lowest BCUT2D eigenvalue weighted by Gasteiger charge is -2.27. The van der Waals surface area contributed by atoms with Gasteiger partial charge in [-0.3, -0.25) is 4.90 Å². The number of benzene rings is 3. The fraction of sp³-hybridized carbons (Fsp3) is 0.160. The highest BCUT2D eigenvalue weighted by molar-refractivity contribution is 6.35. The van der Waals surface area contributed by atoms with Gasteiger partial charge in [-0.2, -0.15) is 0 Å². The molecule has 0 radical (unpaired) electrons. The molecule has 4 aromatic rings. The molecule has 2 heterocycles. The first-order valence-electron chi connectivity index (χ1n) is 10.2. The van der Waals surface area contributed by atoms with E-state index in [0.29, 0.717) is 35.4 Å². The van der Waals surface area contributed by atoms with Crippen LogP contribution in [0, 0.1) is 0 Å². The first kappa shape index (κ1) is 20.9. The van der Waals surface area contributed by atoms with Crippen LogP contribution >= 0.6 is 23.2 Å². The van der Waals surface area contributed by atoms with Crippen LogP contribution in [0.5, 0.6) is 11.5 Å². The zero-order valence-electron chi connectivity index (χ0n) is 17.3. The van der Waals surface area contributed by atoms with E-state index >= 15 is 0 Å². The molecule has 1 aliphatic rings. The Labute approximate surface area is 194 Å². The third-order valence-electron chi connectivity index (χ3n) is 5.69. The van der Waals surface area contributed by atoms with Gasteiger partial charge in [0.05, 0.1) is 17.7 Å². The van der Waals surface area contributed by atoms with Crippen LogP contribution in [0.25, 0.3) is 22.1 Å². The summed E-state index contributed by atoms with van der Waals surface area (Å²) in [5.74, 6) is 1.49. The molecule has 5 nitrogen and oxygen atoms in total. The highest BCUT2D eigenvalue weighted by Gasteiger charge is 2.26. The van der Waals surface area contributed by atoms with Crippen molar-refractivity contribution >= 4 is 34.2 Å². The molecule has 1 atom stereocenters. The summed E-state index contributed by atoms with van der Waals surface area (Å²) >= 11 is 12.4. The Morgan fingerprint density at radius 2 is 1.84 bits per heavy atom. The van der Waals surface area contributed by atoms with Crippen molar-refractivity contribution < 1.29 is 18.8 Å². The Bertz CT molecular complexity index is 1370. The molecule has 1 aromatic heterocycles. The van der Waals surface area contributed by atoms with Gasteiger partial charge < -0.3 is 13.9 Å². The number of hydrogen-bond donors (Lipinski definition) is 1. The highest BCUT2D eigenvalue weighted by atomic mass is 35.5. The summed E-state index contributed by atoms with van der Waals surface area (Å²) in [5.41, 5.74) is 3.75. The molecule has 0 spiro atoms. The van der Waals surface area contributed by atoms with E-state index < -0.39 is 5.63 Å². The number of halogens is 2. The van der Waals surface area contributed by atoms with Gasteiger partial charge in [0.15, 0.2) is 5.58 Å². The second-order valence-electron chi connectivity index (χ2n) is 7.75. The average Bonchev–Trinajstić information content (AvgIpc) is 2.80. The smallest absolute Gasteiger partial charge is 0.336 e. The fourth-order valence-electron chi connectivity index (χ4n) is 4.10. The van der Waals surface area contributed by atoms with E-state index in [1.54, 1.807) is 13.2 Å². The minimum Gasteiger partial charge on any atom is -0.497 e. The van der Waals surface area contributed by atoms with Crippen LogP contribution in [0.15, 0.2) is 69.9 Å². The summed E-state index contributed by atoms with van der Waals surface area (Å²) in [6, 6.07) is 18.5. The van der Waals surface area contributed by atoms with Crippen molar-refractivity contribution in [2.45, 2.75) is 13.1 Å². The van der Waals surface area contributed by atoms with E-state index in [1.807, 2.05) is 48.5 Å². The van der Waals surface area contributed by atoms with E-state index in [-0.39, 0.29) is 0 Å². The summed E-state index contributed by atoms with van der Waals surface area (Å²) in [4.78, 5) is 13.6. The number of methoxy groups -OCH3 is 1. The molecule has 0 amide bonds. The van der Waals surface area contributed by atoms with Gasteiger partial charge in [-0.15, -0.1) is 0 Å². The van der Waals surface area contributed by atoms with Gasteiger partial charge in [0.25, 0.3) is 0 Å². The third kappa shape index (κ3) is 3.95. The summed E-state index contributed by atoms with van der Waals surface area (Å²) in [7, 11) is 1.62. The van der Waals surface area contributed by atoms with E-state index in [0.717, 1.165) is 44.0 Å². The lowest BCUT2D eigenvalue weighted by Crippen LogP contribution is -3.10. The first-order chi connectivity index (χ1) is 15.5. The number of ether oxygens (including phenoxy) is 2. The van der Waals surface area contributed by atoms with E-state index in [1.165, 1.54) is 6.07 Å². The highest BCUT2D eigenvalue weighted by Crippen LogP contribution is 2.34. The van der Waals surface area contributed by atoms with Gasteiger partial charge in [0.1, 0.15) is 24.6 Å². The lowest BCUT2D eigenvalue weighted by atomic mass is 9.99. The SMILES string of the molecule is COc1ccc(-c2cc(=O)oc3c4c(ccc23)OC[NH+](Cc2ccc(Cl)cc2Cl)C4)cc1. The molecule has 1 aliphatic heterocycles. The number of fused-ring (bicyclic) bond motifs is 3. The number of quaternary nitrogens is 1. The van der Waals surface area contributed by atoms with Crippen LogP contribution < -0.4 is 20.0 Å². The molecule has 0 saturated heterocycles. The molecule has 7 heteroatoms. The van der Waals surface area contributed by atoms with Gasteiger partial charge >= 0.3 is 5.63 Å². The topological polar surface area (TPSA) is 53.1 Å². The molecule has 1 unspecified atom stereocenters. The van der Waals surface area contributed by atoms with Crippen molar-refractivity contribution in [3.63, 3.8) is 0 Å². The minimum absolute atomic E-state index is 0.399. The molecule has 32 heavy (non-hydrogen) atoms. The largest absolute Gasteiger partial charge is 0.497 e. The molecule has 0 saturated carbocycles. The van der Waals surface area contributed by atoms with Crippen molar-refractivity contribution in [1.29, 1.82) is 0 Å². The summed E-state index contributed by atoms with van der Waals surface area (Å²) in [5, 5.41) is 2.10. The Hall–Kier alpha value is -2.99. The van der Waals surface area contributed by atoms with Crippen LogP contribution in [-0.4, -0.2) is 13.8 Å². The van der Waals surface area contributed by atoms with Gasteiger partial charge in [-0.25, -0.2) is 4.79 Å². The normalized spacial score (nSPS) is 15.3. The van der Waals surface area contributed by atoms with Crippen molar-refractivity contribution in [2.75, 3.05) is 13.8 Å². The van der Waals surface area contributed by atoms with E-state index in [4.69, 9.17) is 37.1 Å². The van der Waals surface area contributed by atoms with Crippen LogP contribution in [0.4, 0.5) is 0 Å². The predicted molar refractivity (Wildman–Crippen MR) is 125 cm³/mol. The first-order valence-corrected chi connectivity index (χ1v) is 10.9. The van der Waals surface area contributed by atoms with Crippen LogP contribution in [-0.2, 0) is 13.1 Å². The van der Waals surface area contributed by atoms with Crippen molar-refractivity contribution in [3.8, 4) is 22.6 Å². The second-order valence-corrected chi connectivity index (χ2v) is 8.60. The molecule has 0 aliphatic carbocycles. The average molecular weight is 469 g/mol. The zero-order chi connectivity index (χ0) is 22.2. The number of hydrogen-bond acceptors (Lipinski definition) is 4. The van der Waals surface area contributed by atoms with Gasteiger partial charge in [-0.1, -0.05) is 41.4 Å². The molecule has 1 N–H and O–H groups in total. The van der Waals surface area contributed by atoms with Crippen LogP contribution in [0.2, 0.25) is 10.0 Å². The quantitative estimate of drug-likeness (QED) is 0.440. The van der Waals surface area contributed by atoms with E-state index in [9.17, 15) is 4.79 Å². The zero-order valence-corrected chi connectivity index (χ0v) is 18.8. The van der Waals surface area contributed by atoms with Crippen molar-refractivity contribution in [3.05, 3.63) is 92.3 Å². The van der Waals surface area contributed by atoms with Crippen molar-refractivity contribution in [2.24, 2.45) is 0 Å². The predicted octanol–water partition coefficient (Wildman–Crippen LogP) is 4.71. The van der Waals surface area contributed by atoms with E-state index in [2.05, 4.69) is 0 Å². The third-order valence-corrected chi connectivity index (χ3v) is 6.27. The standard InChI is InChI=1S/C25H19Cl2NO4/c1-30-18-6-3-15(4-7-18)20-11-24(29)32-25-19(20)8-9-23-21(25)13-28(14-31-23)12-16-2-5-17(26)10-22(16)27/h2-11H,12-14H2,1H3/p+1. The number of rotatable bonds is 4. The van der Waals surface area contributed by atoms with Gasteiger partial charge in [0, 0.05) is 22.0 Å². The maximum atomic E-state index is 12.5. The van der Waals surface area contributed by atoms with Gasteiger partial charge in [0.2, 0.25) is 6.73 Å². The molecular weight excluding hydrogens is 449 g/mol. The Balaban J connectivity index is 1.54. The Kier molecular flexibility index (Phi) is 5.55. The Morgan fingerprint density at radius 1 is 1.03 bits per heavy atom. The molecular formula is C25H20Cl2NO4+. The maximum Gasteiger partial charge on any atom is 0.336 e. The number of nitrogens with one attached hydrogen (secondary N) is 1. The molecule has 5 rings (SSSR count). The fourth-order valence-corrected chi connectivity index (χ4v) is 4.58. The lowest BCUT2D eigenvalue weighted by molar-refractivity contribution is -0.945. The minimum atomic E-state index is -0.399. The summed E-state index contributed by atoms with van der Waals surface area (Å²) in [6.07, 6.45) is 0. The second kappa shape index (κ2) is 8.51. The Morgan fingerprint density at radius 3 is 2.59 bits per heavy atom. The summed E-state index contributed by atoms with van der Waals surface area (Å²) < 4.78 is 16.9. The monoisotopic (exact) mass is 468 g/mol. The molecule has 3 aromatic carbocycles. The molecule has 0 fully saturated rings. The van der Waals surface area contributed by atoms with Crippen LogP contribution in [0.3, 0.4) is 0 Å². The van der Waals surface area contributed by atoms with Crippen molar-refractivity contribution in [1.82, 2.24) is 0 Å². The van der Waals surface area contributed by atoms with Gasteiger partial charge in [-0.05, 0) is 47.5 Å². The molecule has 162 valence electrons. The summed E-state index contributed by atoms with van der Waals surface area (Å²) in [6.45, 7) is 1.79. The van der Waals surface area contributed by atoms with Crippen LogP contribution in [0.1, 0.15) is 11.1 Å².